The summed E-state index contributed by atoms with van der Waals surface area (Å²) in [5, 5.41) is 12.9. The van der Waals surface area contributed by atoms with Crippen LogP contribution in [0.5, 0.6) is 0 Å². The molecule has 0 radical (unpaired) electrons. The van der Waals surface area contributed by atoms with Crippen LogP contribution in [0.4, 0.5) is 0 Å². The molecule has 1 atom stereocenters. The number of rotatable bonds is 3. The van der Waals surface area contributed by atoms with E-state index in [2.05, 4.69) is 15.4 Å². The smallest absolute Gasteiger partial charge is 0.290 e. The second-order valence-corrected chi connectivity index (χ2v) is 6.26. The molecular weight excluding hydrogens is 318 g/mol. The van der Waals surface area contributed by atoms with Crippen molar-refractivity contribution in [3.8, 4) is 5.69 Å². The van der Waals surface area contributed by atoms with E-state index in [1.807, 2.05) is 31.2 Å². The van der Waals surface area contributed by atoms with Crippen molar-refractivity contribution < 1.29 is 9.21 Å². The Morgan fingerprint density at radius 3 is 2.96 bits per heavy atom. The minimum absolute atomic E-state index is 0.124. The first-order chi connectivity index (χ1) is 12.2. The lowest BCUT2D eigenvalue weighted by molar-refractivity contribution is 0.0567. The Balaban J connectivity index is 1.62. The quantitative estimate of drug-likeness (QED) is 0.734. The van der Waals surface area contributed by atoms with Gasteiger partial charge in [0.2, 0.25) is 0 Å². The molecular formula is C18H19N5O2. The van der Waals surface area contributed by atoms with Gasteiger partial charge in [0.1, 0.15) is 0 Å². The van der Waals surface area contributed by atoms with E-state index in [4.69, 9.17) is 4.42 Å². The molecule has 2 aromatic heterocycles. The summed E-state index contributed by atoms with van der Waals surface area (Å²) in [5.74, 6) is 0.792. The third kappa shape index (κ3) is 3.05. The maximum Gasteiger partial charge on any atom is 0.290 e. The third-order valence-corrected chi connectivity index (χ3v) is 4.46. The van der Waals surface area contributed by atoms with Gasteiger partial charge in [-0.3, -0.25) is 4.79 Å². The van der Waals surface area contributed by atoms with E-state index in [-0.39, 0.29) is 11.9 Å². The molecule has 7 heteroatoms. The van der Waals surface area contributed by atoms with Crippen molar-refractivity contribution in [3.63, 3.8) is 0 Å². The highest BCUT2D eigenvalue weighted by Gasteiger charge is 2.32. The molecule has 3 aromatic rings. The summed E-state index contributed by atoms with van der Waals surface area (Å²) in [6, 6.07) is 11.1. The molecule has 0 spiro atoms. The van der Waals surface area contributed by atoms with Crippen LogP contribution in [0.1, 0.15) is 47.2 Å². The molecule has 3 heterocycles. The third-order valence-electron chi connectivity index (χ3n) is 4.46. The van der Waals surface area contributed by atoms with Gasteiger partial charge in [0.25, 0.3) is 5.91 Å². The molecule has 25 heavy (non-hydrogen) atoms. The highest BCUT2D eigenvalue weighted by molar-refractivity contribution is 5.91. The van der Waals surface area contributed by atoms with Crippen molar-refractivity contribution >= 4 is 5.91 Å². The monoisotopic (exact) mass is 337 g/mol. The van der Waals surface area contributed by atoms with Gasteiger partial charge in [-0.15, -0.1) is 15.0 Å². The van der Waals surface area contributed by atoms with E-state index in [1.165, 1.54) is 11.1 Å². The molecule has 0 saturated carbocycles. The van der Waals surface area contributed by atoms with E-state index < -0.39 is 0 Å². The van der Waals surface area contributed by atoms with Gasteiger partial charge in [0.05, 0.1) is 18.0 Å². The number of furan rings is 1. The zero-order valence-corrected chi connectivity index (χ0v) is 14.0. The number of tetrazole rings is 1. The van der Waals surface area contributed by atoms with Gasteiger partial charge in [0.15, 0.2) is 11.6 Å². The van der Waals surface area contributed by atoms with Crippen molar-refractivity contribution in [3.05, 3.63) is 59.8 Å². The van der Waals surface area contributed by atoms with E-state index in [9.17, 15) is 4.79 Å². The topological polar surface area (TPSA) is 77.0 Å². The average Bonchev–Trinajstić information content (AvgIpc) is 3.33. The zero-order valence-electron chi connectivity index (χ0n) is 14.0. The van der Waals surface area contributed by atoms with Crippen LogP contribution in [-0.2, 0) is 0 Å². The minimum atomic E-state index is -0.176. The maximum atomic E-state index is 12.7. The van der Waals surface area contributed by atoms with Crippen molar-refractivity contribution in [2.24, 2.45) is 0 Å². The number of aromatic nitrogens is 4. The normalized spacial score (nSPS) is 17.6. The van der Waals surface area contributed by atoms with E-state index in [0.717, 1.165) is 30.5 Å². The first-order valence-electron chi connectivity index (χ1n) is 8.44. The van der Waals surface area contributed by atoms with Crippen LogP contribution in [-0.4, -0.2) is 37.6 Å². The van der Waals surface area contributed by atoms with E-state index in [0.29, 0.717) is 18.1 Å². The highest BCUT2D eigenvalue weighted by atomic mass is 16.3. The molecule has 1 aromatic carbocycles. The number of hydrogen-bond donors (Lipinski definition) is 0. The zero-order chi connectivity index (χ0) is 17.2. The molecule has 1 amide bonds. The predicted molar refractivity (Wildman–Crippen MR) is 90.2 cm³/mol. The van der Waals surface area contributed by atoms with Crippen LogP contribution in [0.25, 0.3) is 5.69 Å². The number of aryl methyl sites for hydroxylation is 1. The molecule has 1 fully saturated rings. The Kier molecular flexibility index (Phi) is 4.05. The first-order valence-corrected chi connectivity index (χ1v) is 8.44. The number of carbonyl (C=O) groups is 1. The van der Waals surface area contributed by atoms with Crippen molar-refractivity contribution in [2.75, 3.05) is 6.54 Å². The molecule has 0 N–H and O–H groups in total. The Labute approximate surface area is 145 Å². The van der Waals surface area contributed by atoms with Crippen LogP contribution in [0.3, 0.4) is 0 Å². The molecule has 1 unspecified atom stereocenters. The fourth-order valence-corrected chi connectivity index (χ4v) is 3.21. The molecule has 0 aliphatic carbocycles. The molecule has 7 nitrogen and oxygen atoms in total. The van der Waals surface area contributed by atoms with Gasteiger partial charge in [0, 0.05) is 6.54 Å². The lowest BCUT2D eigenvalue weighted by Gasteiger charge is -2.33. The average molecular weight is 337 g/mol. The summed E-state index contributed by atoms with van der Waals surface area (Å²) in [7, 11) is 0. The molecule has 4 rings (SSSR count). The second-order valence-electron chi connectivity index (χ2n) is 6.26. The van der Waals surface area contributed by atoms with Crippen LogP contribution < -0.4 is 0 Å². The highest BCUT2D eigenvalue weighted by Crippen LogP contribution is 2.30. The Bertz CT molecular complexity index is 871. The van der Waals surface area contributed by atoms with Gasteiger partial charge in [-0.05, 0) is 61.2 Å². The lowest BCUT2D eigenvalue weighted by atomic mass is 10.0. The van der Waals surface area contributed by atoms with Crippen LogP contribution in [0.2, 0.25) is 0 Å². The second kappa shape index (κ2) is 6.51. The van der Waals surface area contributed by atoms with E-state index >= 15 is 0 Å². The molecule has 1 aliphatic rings. The molecule has 0 bridgehead atoms. The molecule has 1 saturated heterocycles. The number of nitrogens with zero attached hydrogens (tertiary/aromatic N) is 5. The number of piperidine rings is 1. The summed E-state index contributed by atoms with van der Waals surface area (Å²) in [6.07, 6.45) is 4.34. The minimum Gasteiger partial charge on any atom is -0.459 e. The maximum absolute atomic E-state index is 12.7. The fraction of sp³-hybridized carbons (Fsp3) is 0.333. The van der Waals surface area contributed by atoms with Crippen LogP contribution in [0.15, 0.2) is 47.1 Å². The van der Waals surface area contributed by atoms with Gasteiger partial charge >= 0.3 is 0 Å². The first kappa shape index (κ1) is 15.6. The number of likely N-dealkylation sites (tertiary alicyclic amines) is 1. The van der Waals surface area contributed by atoms with Crippen LogP contribution in [0, 0.1) is 6.92 Å². The standard InChI is InChI=1S/C18H19N5O2/c1-13-6-4-7-14(12-13)23-20-17(19-21-23)15-8-2-3-10-22(15)18(24)16-9-5-11-25-16/h4-7,9,11-12,15H,2-3,8,10H2,1H3. The summed E-state index contributed by atoms with van der Waals surface area (Å²) in [5.41, 5.74) is 1.99. The summed E-state index contributed by atoms with van der Waals surface area (Å²) in [4.78, 5) is 16.0. The number of carbonyl (C=O) groups excluding carboxylic acids is 1. The largest absolute Gasteiger partial charge is 0.459 e. The van der Waals surface area contributed by atoms with Gasteiger partial charge in [-0.2, -0.15) is 0 Å². The Hall–Kier alpha value is -2.96. The van der Waals surface area contributed by atoms with E-state index in [1.54, 1.807) is 17.0 Å². The molecule has 128 valence electrons. The van der Waals surface area contributed by atoms with Crippen LogP contribution >= 0.6 is 0 Å². The van der Waals surface area contributed by atoms with Gasteiger partial charge in [-0.25, -0.2) is 0 Å². The fourth-order valence-electron chi connectivity index (χ4n) is 3.21. The van der Waals surface area contributed by atoms with Crippen molar-refractivity contribution in [1.29, 1.82) is 0 Å². The van der Waals surface area contributed by atoms with Gasteiger partial charge in [-0.1, -0.05) is 12.1 Å². The summed E-state index contributed by atoms with van der Waals surface area (Å²) in [6.45, 7) is 2.69. The SMILES string of the molecule is Cc1cccc(-n2nnc(C3CCCCN3C(=O)c3ccco3)n2)c1. The molecule has 1 aliphatic heterocycles. The number of amides is 1. The van der Waals surface area contributed by atoms with Crippen molar-refractivity contribution in [2.45, 2.75) is 32.2 Å². The number of hydrogen-bond acceptors (Lipinski definition) is 5. The predicted octanol–water partition coefficient (Wildman–Crippen LogP) is 2.93. The summed E-state index contributed by atoms with van der Waals surface area (Å²) < 4.78 is 5.27. The lowest BCUT2D eigenvalue weighted by Crippen LogP contribution is -2.38. The summed E-state index contributed by atoms with van der Waals surface area (Å²) >= 11 is 0. The number of benzene rings is 1. The Morgan fingerprint density at radius 1 is 1.24 bits per heavy atom. The van der Waals surface area contributed by atoms with Gasteiger partial charge < -0.3 is 9.32 Å². The van der Waals surface area contributed by atoms with Crippen molar-refractivity contribution in [1.82, 2.24) is 25.1 Å². The Morgan fingerprint density at radius 2 is 2.16 bits per heavy atom.